The molecule has 1 saturated heterocycles. The van der Waals surface area contributed by atoms with Crippen molar-refractivity contribution in [2.24, 2.45) is 0 Å². The monoisotopic (exact) mass is 388 g/mol. The molecule has 0 saturated carbocycles. The summed E-state index contributed by atoms with van der Waals surface area (Å²) in [6.07, 6.45) is 1.50. The number of aromatic carboxylic acids is 1. The van der Waals surface area contributed by atoms with E-state index in [2.05, 4.69) is 5.32 Å². The number of likely N-dealkylation sites (tertiary alicyclic amines) is 1. The van der Waals surface area contributed by atoms with E-state index >= 15 is 0 Å². The lowest BCUT2D eigenvalue weighted by atomic mass is 10.0. The van der Waals surface area contributed by atoms with Gasteiger partial charge in [-0.15, -0.1) is 0 Å². The topological polar surface area (TPSA) is 99.9 Å². The molecule has 1 aliphatic heterocycles. The molecule has 2 heterocycles. The van der Waals surface area contributed by atoms with Crippen LogP contribution >= 0.6 is 0 Å². The number of hydrogen-bond acceptors (Lipinski definition) is 4. The maximum absolute atomic E-state index is 13.0. The predicted octanol–water partition coefficient (Wildman–Crippen LogP) is 2.71. The number of hydrogen-bond donors (Lipinski definition) is 2. The van der Waals surface area contributed by atoms with Gasteiger partial charge in [0.25, 0.3) is 11.8 Å². The first-order valence-corrected chi connectivity index (χ1v) is 9.10. The molecule has 1 fully saturated rings. The van der Waals surface area contributed by atoms with Gasteiger partial charge in [-0.2, -0.15) is 0 Å². The Morgan fingerprint density at radius 1 is 1.21 bits per heavy atom. The summed E-state index contributed by atoms with van der Waals surface area (Å²) >= 11 is 0. The predicted molar refractivity (Wildman–Crippen MR) is 97.8 cm³/mol. The van der Waals surface area contributed by atoms with Gasteiger partial charge in [-0.25, -0.2) is 9.18 Å². The van der Waals surface area contributed by atoms with Gasteiger partial charge >= 0.3 is 5.97 Å². The smallest absolute Gasteiger partial charge is 0.339 e. The highest BCUT2D eigenvalue weighted by atomic mass is 19.1. The van der Waals surface area contributed by atoms with Gasteiger partial charge in [-0.3, -0.25) is 9.59 Å². The van der Waals surface area contributed by atoms with Crippen molar-refractivity contribution in [2.75, 3.05) is 13.1 Å². The highest BCUT2D eigenvalue weighted by Crippen LogP contribution is 2.20. The summed E-state index contributed by atoms with van der Waals surface area (Å²) in [5, 5.41) is 12.1. The molecule has 148 valence electrons. The van der Waals surface area contributed by atoms with Gasteiger partial charge in [0.1, 0.15) is 17.1 Å². The molecule has 2 amide bonds. The minimum Gasteiger partial charge on any atom is -0.478 e. The molecular weight excluding hydrogens is 367 g/mol. The number of amides is 2. The van der Waals surface area contributed by atoms with Crippen molar-refractivity contribution in [2.45, 2.75) is 32.2 Å². The molecule has 1 aliphatic rings. The first-order valence-electron chi connectivity index (χ1n) is 9.10. The van der Waals surface area contributed by atoms with Crippen molar-refractivity contribution in [1.29, 1.82) is 0 Å². The number of piperidine rings is 1. The molecule has 2 N–H and O–H groups in total. The third kappa shape index (κ3) is 4.21. The molecule has 0 bridgehead atoms. The van der Waals surface area contributed by atoms with Crippen LogP contribution in [0.5, 0.6) is 0 Å². The quantitative estimate of drug-likeness (QED) is 0.820. The lowest BCUT2D eigenvalue weighted by Gasteiger charge is -2.31. The van der Waals surface area contributed by atoms with Crippen LogP contribution in [0, 0.1) is 5.82 Å². The van der Waals surface area contributed by atoms with Crippen LogP contribution in [0.4, 0.5) is 4.39 Å². The minimum atomic E-state index is -1.12. The first kappa shape index (κ1) is 19.6. The molecule has 0 radical (unpaired) electrons. The van der Waals surface area contributed by atoms with E-state index in [4.69, 9.17) is 4.42 Å². The van der Waals surface area contributed by atoms with Crippen LogP contribution in [0.15, 0.2) is 34.7 Å². The van der Waals surface area contributed by atoms with E-state index in [0.717, 1.165) is 0 Å². The summed E-state index contributed by atoms with van der Waals surface area (Å²) in [7, 11) is 0. The average molecular weight is 388 g/mol. The molecule has 28 heavy (non-hydrogen) atoms. The summed E-state index contributed by atoms with van der Waals surface area (Å²) in [6, 6.07) is 6.48. The number of aryl methyl sites for hydroxylation is 1. The molecule has 1 aromatic heterocycles. The number of carbonyl (C=O) groups excluding carboxylic acids is 2. The van der Waals surface area contributed by atoms with E-state index < -0.39 is 11.8 Å². The fourth-order valence-corrected chi connectivity index (χ4v) is 3.23. The Hall–Kier alpha value is -3.16. The van der Waals surface area contributed by atoms with E-state index in [1.807, 2.05) is 0 Å². The fourth-order valence-electron chi connectivity index (χ4n) is 3.23. The lowest BCUT2D eigenvalue weighted by molar-refractivity contribution is 0.0661. The Bertz CT molecular complexity index is 883. The molecule has 0 unspecified atom stereocenters. The van der Waals surface area contributed by atoms with Gasteiger partial charge in [0.15, 0.2) is 5.76 Å². The van der Waals surface area contributed by atoms with E-state index in [1.165, 1.54) is 30.3 Å². The molecule has 2 aromatic rings. The summed E-state index contributed by atoms with van der Waals surface area (Å²) in [5.74, 6) is -1.87. The second-order valence-corrected chi connectivity index (χ2v) is 6.65. The fraction of sp³-hybridized carbons (Fsp3) is 0.350. The Labute approximate surface area is 161 Å². The van der Waals surface area contributed by atoms with Gasteiger partial charge in [0.2, 0.25) is 0 Å². The molecule has 8 heteroatoms. The molecule has 7 nitrogen and oxygen atoms in total. The average Bonchev–Trinajstić information content (AvgIpc) is 3.13. The van der Waals surface area contributed by atoms with Crippen LogP contribution in [0.3, 0.4) is 0 Å². The number of nitrogens with one attached hydrogen (secondary N) is 1. The van der Waals surface area contributed by atoms with Crippen molar-refractivity contribution in [1.82, 2.24) is 10.2 Å². The zero-order valence-corrected chi connectivity index (χ0v) is 15.4. The maximum atomic E-state index is 13.0. The van der Waals surface area contributed by atoms with Crippen LogP contribution < -0.4 is 5.32 Å². The van der Waals surface area contributed by atoms with Crippen LogP contribution in [0.1, 0.15) is 56.8 Å². The number of furan rings is 1. The van der Waals surface area contributed by atoms with Gasteiger partial charge in [-0.1, -0.05) is 6.92 Å². The summed E-state index contributed by atoms with van der Waals surface area (Å²) in [6.45, 7) is 2.59. The van der Waals surface area contributed by atoms with Crippen molar-refractivity contribution in [3.05, 3.63) is 58.8 Å². The Kier molecular flexibility index (Phi) is 5.77. The van der Waals surface area contributed by atoms with E-state index in [-0.39, 0.29) is 34.9 Å². The molecule has 0 aliphatic carbocycles. The van der Waals surface area contributed by atoms with E-state index in [1.54, 1.807) is 11.8 Å². The van der Waals surface area contributed by atoms with Gasteiger partial charge in [0.05, 0.1) is 0 Å². The summed E-state index contributed by atoms with van der Waals surface area (Å²) < 4.78 is 18.4. The van der Waals surface area contributed by atoms with Gasteiger partial charge in [-0.05, 0) is 37.1 Å². The molecule has 0 spiro atoms. The lowest BCUT2D eigenvalue weighted by Crippen LogP contribution is -2.46. The third-order valence-corrected chi connectivity index (χ3v) is 4.80. The molecule has 0 atom stereocenters. The minimum absolute atomic E-state index is 0.00676. The van der Waals surface area contributed by atoms with E-state index in [9.17, 15) is 23.9 Å². The van der Waals surface area contributed by atoms with Crippen LogP contribution in [0.2, 0.25) is 0 Å². The number of rotatable bonds is 5. The largest absolute Gasteiger partial charge is 0.478 e. The number of halogens is 1. The van der Waals surface area contributed by atoms with Crippen LogP contribution in [-0.4, -0.2) is 46.9 Å². The van der Waals surface area contributed by atoms with Crippen molar-refractivity contribution >= 4 is 17.8 Å². The number of carbonyl (C=O) groups is 3. The zero-order chi connectivity index (χ0) is 20.3. The number of benzene rings is 1. The summed E-state index contributed by atoms with van der Waals surface area (Å²) in [5.41, 5.74) is 0.385. The normalized spacial score (nSPS) is 14.7. The second kappa shape index (κ2) is 8.24. The number of carboxylic acid groups (broad SMARTS) is 1. The SMILES string of the molecule is CCc1oc(C(=O)N2CCC(NC(=O)c3ccc(F)cc3)CC2)cc1C(=O)O. The van der Waals surface area contributed by atoms with Crippen LogP contribution in [-0.2, 0) is 6.42 Å². The molecule has 1 aromatic carbocycles. The molecular formula is C20H21FN2O5. The Balaban J connectivity index is 1.57. The van der Waals surface area contributed by atoms with E-state index in [0.29, 0.717) is 37.9 Å². The third-order valence-electron chi connectivity index (χ3n) is 4.80. The van der Waals surface area contributed by atoms with Gasteiger partial charge < -0.3 is 19.7 Å². The van der Waals surface area contributed by atoms with Crippen molar-refractivity contribution in [3.63, 3.8) is 0 Å². The number of nitrogens with zero attached hydrogens (tertiary/aromatic N) is 1. The van der Waals surface area contributed by atoms with Crippen molar-refractivity contribution < 1.29 is 28.3 Å². The standard InChI is InChI=1S/C20H21FN2O5/c1-2-16-15(20(26)27)11-17(28-16)19(25)23-9-7-14(8-10-23)22-18(24)12-3-5-13(21)6-4-12/h3-6,11,14H,2,7-10H2,1H3,(H,22,24)(H,26,27). The number of carboxylic acids is 1. The highest BCUT2D eigenvalue weighted by Gasteiger charge is 2.28. The first-order chi connectivity index (χ1) is 13.4. The summed E-state index contributed by atoms with van der Waals surface area (Å²) in [4.78, 5) is 37.6. The maximum Gasteiger partial charge on any atom is 0.339 e. The second-order valence-electron chi connectivity index (χ2n) is 6.65. The zero-order valence-electron chi connectivity index (χ0n) is 15.4. The molecule has 3 rings (SSSR count). The highest BCUT2D eigenvalue weighted by molar-refractivity contribution is 5.96. The Morgan fingerprint density at radius 2 is 1.86 bits per heavy atom. The van der Waals surface area contributed by atoms with Gasteiger partial charge in [0, 0.05) is 37.2 Å². The van der Waals surface area contributed by atoms with Crippen molar-refractivity contribution in [3.8, 4) is 0 Å². The van der Waals surface area contributed by atoms with Crippen LogP contribution in [0.25, 0.3) is 0 Å². The Morgan fingerprint density at radius 3 is 2.39 bits per heavy atom.